The van der Waals surface area contributed by atoms with E-state index in [2.05, 4.69) is 45.2 Å². The van der Waals surface area contributed by atoms with Crippen molar-refractivity contribution in [1.82, 2.24) is 20.4 Å². The van der Waals surface area contributed by atoms with Crippen LogP contribution in [0, 0.1) is 11.8 Å². The Morgan fingerprint density at radius 1 is 1.00 bits per heavy atom. The lowest BCUT2D eigenvalue weighted by molar-refractivity contribution is 0.0760. The van der Waals surface area contributed by atoms with E-state index in [1.54, 1.807) is 0 Å². The molecule has 0 radical (unpaired) electrons. The lowest BCUT2D eigenvalue weighted by atomic mass is 9.84. The second-order valence-electron chi connectivity index (χ2n) is 11.1. The number of hydrogen-bond acceptors (Lipinski definition) is 4. The van der Waals surface area contributed by atoms with Gasteiger partial charge < -0.3 is 26.2 Å². The van der Waals surface area contributed by atoms with Gasteiger partial charge in [-0.25, -0.2) is 4.79 Å². The van der Waals surface area contributed by atoms with Gasteiger partial charge in [-0.2, -0.15) is 0 Å². The third-order valence-corrected chi connectivity index (χ3v) is 8.18. The predicted molar refractivity (Wildman–Crippen MR) is 150 cm³/mol. The van der Waals surface area contributed by atoms with E-state index in [1.165, 1.54) is 51.9 Å². The number of carbonyl (C=O) groups is 1. The van der Waals surface area contributed by atoms with Crippen molar-refractivity contribution >= 4 is 36.4 Å². The molecule has 6 fully saturated rings. The monoisotopic (exact) mass is 525 g/mol. The third-order valence-electron chi connectivity index (χ3n) is 8.18. The predicted octanol–water partition coefficient (Wildman–Crippen LogP) is 4.23. The molecule has 6 nitrogen and oxygen atoms in total. The second-order valence-corrected chi connectivity index (χ2v) is 11.1. The highest BCUT2D eigenvalue weighted by Crippen LogP contribution is 2.28. The molecule has 0 spiro atoms. The zero-order valence-electron chi connectivity index (χ0n) is 21.6. The average Bonchev–Trinajstić information content (AvgIpc) is 2.80. The first-order chi connectivity index (χ1) is 15.7. The van der Waals surface area contributed by atoms with E-state index in [0.29, 0.717) is 12.0 Å². The van der Waals surface area contributed by atoms with Gasteiger partial charge in [0.25, 0.3) is 0 Å². The Bertz CT molecular complexity index is 848. The van der Waals surface area contributed by atoms with Crippen LogP contribution in [0.4, 0.5) is 4.79 Å². The molecular weight excluding hydrogens is 481 g/mol. The third kappa shape index (κ3) is 7.59. The molecule has 0 unspecified atom stereocenters. The van der Waals surface area contributed by atoms with Crippen LogP contribution in [0.1, 0.15) is 57.6 Å². The van der Waals surface area contributed by atoms with E-state index in [4.69, 9.17) is 5.73 Å². The van der Waals surface area contributed by atoms with Crippen LogP contribution < -0.4 is 16.4 Å². The summed E-state index contributed by atoms with van der Waals surface area (Å²) >= 11 is 0. The summed E-state index contributed by atoms with van der Waals surface area (Å²) in [6, 6.07) is 8.94. The molecular formula is C27H45Cl2N5O. The summed E-state index contributed by atoms with van der Waals surface area (Å²) in [6.45, 7) is 17.2. The highest BCUT2D eigenvalue weighted by Gasteiger charge is 2.35. The number of amides is 2. The minimum Gasteiger partial charge on any atom is -0.334 e. The van der Waals surface area contributed by atoms with Crippen molar-refractivity contribution in [2.24, 2.45) is 17.6 Å². The van der Waals surface area contributed by atoms with E-state index < -0.39 is 5.54 Å². The molecule has 4 N–H and O–H groups in total. The number of piperidine rings is 6. The summed E-state index contributed by atoms with van der Waals surface area (Å²) in [5.41, 5.74) is 8.68. The number of allylic oxidation sites excluding steroid dienone is 1. The normalized spacial score (nSPS) is 30.6. The maximum absolute atomic E-state index is 12.5. The largest absolute Gasteiger partial charge is 0.334 e. The number of rotatable bonds is 4. The lowest BCUT2D eigenvalue weighted by Gasteiger charge is -2.45. The maximum atomic E-state index is 12.5. The summed E-state index contributed by atoms with van der Waals surface area (Å²) in [5.74, 6) is 1.49. The molecule has 6 heterocycles. The first-order valence-electron chi connectivity index (χ1n) is 12.8. The van der Waals surface area contributed by atoms with Crippen molar-refractivity contribution < 1.29 is 4.79 Å². The summed E-state index contributed by atoms with van der Waals surface area (Å²) in [6.07, 6.45) is 5.10. The number of benzene rings is 1. The number of nitrogens with one attached hydrogen (secondary N) is 2. The topological polar surface area (TPSA) is 73.6 Å². The molecule has 1 aromatic carbocycles. The summed E-state index contributed by atoms with van der Waals surface area (Å²) < 4.78 is 0. The quantitative estimate of drug-likeness (QED) is 0.549. The molecule has 35 heavy (non-hydrogen) atoms. The van der Waals surface area contributed by atoms with Crippen LogP contribution in [0.15, 0.2) is 30.8 Å². The molecule has 0 aromatic heterocycles. The van der Waals surface area contributed by atoms with Gasteiger partial charge in [0, 0.05) is 25.2 Å². The molecule has 6 aliphatic heterocycles. The van der Waals surface area contributed by atoms with Crippen LogP contribution >= 0.6 is 24.8 Å². The van der Waals surface area contributed by atoms with Gasteiger partial charge in [-0.3, -0.25) is 0 Å². The van der Waals surface area contributed by atoms with Gasteiger partial charge in [-0.05, 0) is 102 Å². The first kappa shape index (κ1) is 29.9. The summed E-state index contributed by atoms with van der Waals surface area (Å²) in [4.78, 5) is 17.5. The van der Waals surface area contributed by atoms with E-state index in [9.17, 15) is 4.79 Å². The number of urea groups is 1. The van der Waals surface area contributed by atoms with Crippen LogP contribution in [0.25, 0.3) is 5.57 Å². The maximum Gasteiger partial charge on any atom is 0.315 e. The van der Waals surface area contributed by atoms with Crippen molar-refractivity contribution in [3.63, 3.8) is 0 Å². The van der Waals surface area contributed by atoms with E-state index in [1.807, 2.05) is 26.8 Å². The molecule has 6 aliphatic rings. The van der Waals surface area contributed by atoms with Gasteiger partial charge in [-0.15, -0.1) is 24.8 Å². The van der Waals surface area contributed by atoms with Crippen LogP contribution in [0.5, 0.6) is 0 Å². The molecule has 4 bridgehead atoms. The molecule has 0 aliphatic carbocycles. The molecule has 1 aromatic rings. The van der Waals surface area contributed by atoms with Gasteiger partial charge in [-0.1, -0.05) is 30.4 Å². The van der Waals surface area contributed by atoms with E-state index in [-0.39, 0.29) is 36.9 Å². The highest BCUT2D eigenvalue weighted by molar-refractivity contribution is 5.85. The fourth-order valence-electron chi connectivity index (χ4n) is 5.87. The molecule has 7 rings (SSSR count). The van der Waals surface area contributed by atoms with Gasteiger partial charge >= 0.3 is 6.03 Å². The molecule has 8 heteroatoms. The number of hydrogen-bond donors (Lipinski definition) is 3. The Morgan fingerprint density at radius 2 is 1.57 bits per heavy atom. The van der Waals surface area contributed by atoms with Crippen molar-refractivity contribution in [2.45, 2.75) is 64.1 Å². The molecule has 2 atom stereocenters. The zero-order valence-corrected chi connectivity index (χ0v) is 23.2. The minimum atomic E-state index is -0.427. The summed E-state index contributed by atoms with van der Waals surface area (Å²) in [5, 5.41) is 6.35. The van der Waals surface area contributed by atoms with Crippen molar-refractivity contribution in [3.8, 4) is 0 Å². The number of halogens is 2. The average molecular weight is 527 g/mol. The van der Waals surface area contributed by atoms with Gasteiger partial charge in [0.1, 0.15) is 0 Å². The minimum absolute atomic E-state index is 0. The molecule has 198 valence electrons. The van der Waals surface area contributed by atoms with Crippen molar-refractivity contribution in [1.29, 1.82) is 0 Å². The second kappa shape index (κ2) is 12.8. The number of carbonyl (C=O) groups excluding carboxylic acids is 1. The lowest BCUT2D eigenvalue weighted by Crippen LogP contribution is -2.60. The number of fused-ring (bicyclic) bond motifs is 6. The van der Waals surface area contributed by atoms with Crippen LogP contribution in [-0.2, 0) is 5.54 Å². The Hall–Kier alpha value is -1.31. The Kier molecular flexibility index (Phi) is 10.9. The Balaban J connectivity index is 0.000000330. The summed E-state index contributed by atoms with van der Waals surface area (Å²) in [7, 11) is 0. The fourth-order valence-corrected chi connectivity index (χ4v) is 5.87. The molecule has 0 saturated carbocycles. The van der Waals surface area contributed by atoms with Crippen molar-refractivity contribution in [2.75, 3.05) is 39.3 Å². The first-order valence-corrected chi connectivity index (χ1v) is 12.8. The van der Waals surface area contributed by atoms with E-state index in [0.717, 1.165) is 35.7 Å². The molecule has 6 saturated heterocycles. The molecule has 2 amide bonds. The van der Waals surface area contributed by atoms with Gasteiger partial charge in [0.2, 0.25) is 0 Å². The standard InChI is InChI=1S/C20H29N3O.C7H14N2.2ClH/c1-14(2)16-6-5-7-17(12-16)20(3,4)22-19(24)21-18-13-23-10-8-15(18)9-11-23;8-7-5-9-3-1-6(7)2-4-9;;/h5-7,12,15,18H,1,8-11,13H2,2-4H3,(H2,21,22,24);6-7H,1-5,8H2;2*1H/t18-;7-;;/m00../s1. The number of nitrogens with two attached hydrogens (primary N) is 1. The number of nitrogens with zero attached hydrogens (tertiary/aromatic N) is 2. The zero-order chi connectivity index (χ0) is 23.6. The smallest absolute Gasteiger partial charge is 0.315 e. The SMILES string of the molecule is C=C(C)c1cccc(C(C)(C)NC(=O)N[C@H]2CN3CCC2CC3)c1.Cl.Cl.N[C@H]1CN2CCC1CC2. The van der Waals surface area contributed by atoms with Gasteiger partial charge in [0.05, 0.1) is 5.54 Å². The Morgan fingerprint density at radius 3 is 2.00 bits per heavy atom. The van der Waals surface area contributed by atoms with E-state index >= 15 is 0 Å². The van der Waals surface area contributed by atoms with Crippen LogP contribution in [0.3, 0.4) is 0 Å². The van der Waals surface area contributed by atoms with Crippen molar-refractivity contribution in [3.05, 3.63) is 42.0 Å². The fraction of sp³-hybridized carbons (Fsp3) is 0.667. The van der Waals surface area contributed by atoms with Gasteiger partial charge in [0.15, 0.2) is 0 Å². The highest BCUT2D eigenvalue weighted by atomic mass is 35.5. The van der Waals surface area contributed by atoms with Crippen LogP contribution in [0.2, 0.25) is 0 Å². The van der Waals surface area contributed by atoms with Crippen LogP contribution in [-0.4, -0.2) is 67.2 Å². The Labute approximate surface area is 224 Å².